The molecule has 2 aliphatic heterocycles. The molecule has 0 unspecified atom stereocenters. The lowest BCUT2D eigenvalue weighted by molar-refractivity contribution is 0.0635. The summed E-state index contributed by atoms with van der Waals surface area (Å²) >= 11 is 6.34. The number of nitrogens with zero attached hydrogens (tertiary/aromatic N) is 7. The van der Waals surface area contributed by atoms with E-state index in [1.165, 1.54) is 17.1 Å². The van der Waals surface area contributed by atoms with Gasteiger partial charge in [0.25, 0.3) is 5.56 Å². The van der Waals surface area contributed by atoms with Crippen LogP contribution in [0.25, 0.3) is 16.8 Å². The molecule has 4 aromatic rings. The summed E-state index contributed by atoms with van der Waals surface area (Å²) in [6.07, 6.45) is 3.86. The molecule has 1 fully saturated rings. The second-order valence-corrected chi connectivity index (χ2v) is 12.3. The third-order valence-electron chi connectivity index (χ3n) is 7.79. The third-order valence-corrected chi connectivity index (χ3v) is 8.03. The molecule has 3 atom stereocenters. The van der Waals surface area contributed by atoms with E-state index >= 15 is 4.39 Å². The molecular weight excluding hydrogens is 575 g/mol. The van der Waals surface area contributed by atoms with E-state index in [1.807, 2.05) is 16.7 Å². The summed E-state index contributed by atoms with van der Waals surface area (Å²) < 4.78 is 23.7. The van der Waals surface area contributed by atoms with E-state index in [9.17, 15) is 9.59 Å². The van der Waals surface area contributed by atoms with Gasteiger partial charge in [-0.25, -0.2) is 9.78 Å². The minimum Gasteiger partial charge on any atom is -0.444 e. The van der Waals surface area contributed by atoms with Gasteiger partial charge in [0.1, 0.15) is 17.7 Å². The fourth-order valence-electron chi connectivity index (χ4n) is 6.00. The molecule has 0 bridgehead atoms. The zero-order chi connectivity index (χ0) is 30.0. The van der Waals surface area contributed by atoms with Gasteiger partial charge >= 0.3 is 6.09 Å². The summed E-state index contributed by atoms with van der Waals surface area (Å²) in [6.45, 7) is 5.21. The van der Waals surface area contributed by atoms with Crippen molar-refractivity contribution in [2.75, 3.05) is 5.32 Å². The standard InChI is InChI=1S/C30H26ClFN8O3/c1-30(2,3)43-29(42)36-25-7-5-18(28(32)35-25)22-8-16(13-33-22)27-21-12-20(21)24-9-15(10-26(41)40(24)27)19-11-17(31)4-6-23(19)39-14-34-37-38-39/h4-7,9-11,13-14,20-21,27H,8,12H2,1-3H3,(H,35,36,42)/t20-,21+,27-/m1/s1. The number of carbonyl (C=O) groups excluding carboxylic acids is 1. The van der Waals surface area contributed by atoms with E-state index in [0.29, 0.717) is 22.8 Å². The van der Waals surface area contributed by atoms with E-state index in [0.717, 1.165) is 28.8 Å². The Morgan fingerprint density at radius 3 is 2.72 bits per heavy atom. The molecule has 1 aromatic carbocycles. The molecule has 7 rings (SSSR count). The molecule has 43 heavy (non-hydrogen) atoms. The summed E-state index contributed by atoms with van der Waals surface area (Å²) in [5.41, 5.74) is 4.03. The monoisotopic (exact) mass is 600 g/mol. The van der Waals surface area contributed by atoms with Crippen molar-refractivity contribution in [3.63, 3.8) is 0 Å². The summed E-state index contributed by atoms with van der Waals surface area (Å²) in [5.74, 6) is -0.196. The number of pyridine rings is 2. The second kappa shape index (κ2) is 9.94. The molecule has 0 radical (unpaired) electrons. The quantitative estimate of drug-likeness (QED) is 0.301. The van der Waals surface area contributed by atoms with Gasteiger partial charge in [-0.1, -0.05) is 11.6 Å². The van der Waals surface area contributed by atoms with Crippen LogP contribution >= 0.6 is 11.6 Å². The number of carbonyl (C=O) groups is 1. The highest BCUT2D eigenvalue weighted by Gasteiger charge is 2.54. The van der Waals surface area contributed by atoms with Crippen molar-refractivity contribution in [1.29, 1.82) is 0 Å². The number of ether oxygens (including phenoxy) is 1. The van der Waals surface area contributed by atoms with Crippen LogP contribution in [0.1, 0.15) is 56.8 Å². The largest absolute Gasteiger partial charge is 0.444 e. The average Bonchev–Trinajstić information content (AvgIpc) is 3.28. The van der Waals surface area contributed by atoms with Crippen LogP contribution in [0, 0.1) is 11.9 Å². The first kappa shape index (κ1) is 27.1. The maximum absolute atomic E-state index is 15.1. The maximum Gasteiger partial charge on any atom is 0.413 e. The number of allylic oxidation sites excluding steroid dienone is 1. The number of benzene rings is 1. The first-order chi connectivity index (χ1) is 20.6. The van der Waals surface area contributed by atoms with Crippen molar-refractivity contribution < 1.29 is 13.9 Å². The number of aromatic nitrogens is 6. The molecule has 1 saturated carbocycles. The molecule has 1 amide bonds. The Morgan fingerprint density at radius 2 is 1.98 bits per heavy atom. The van der Waals surface area contributed by atoms with Gasteiger partial charge in [0.15, 0.2) is 0 Å². The first-order valence-electron chi connectivity index (χ1n) is 13.8. The fourth-order valence-corrected chi connectivity index (χ4v) is 6.18. The number of tetrazole rings is 1. The van der Waals surface area contributed by atoms with Crippen molar-refractivity contribution in [3.05, 3.63) is 93.1 Å². The lowest BCUT2D eigenvalue weighted by Crippen LogP contribution is -2.27. The highest BCUT2D eigenvalue weighted by molar-refractivity contribution is 6.31. The minimum absolute atomic E-state index is 0.0399. The Morgan fingerprint density at radius 1 is 1.14 bits per heavy atom. The Labute approximate surface area is 250 Å². The third kappa shape index (κ3) is 5.01. The number of rotatable bonds is 5. The number of amides is 1. The van der Waals surface area contributed by atoms with Gasteiger partial charge < -0.3 is 9.30 Å². The average molecular weight is 601 g/mol. The van der Waals surface area contributed by atoms with Gasteiger partial charge in [-0.3, -0.25) is 15.1 Å². The molecule has 0 saturated heterocycles. The smallest absolute Gasteiger partial charge is 0.413 e. The molecule has 1 aliphatic carbocycles. The van der Waals surface area contributed by atoms with Crippen LogP contribution in [0.2, 0.25) is 5.02 Å². The number of aliphatic imine (C=N–C) groups is 1. The Hall–Kier alpha value is -4.71. The van der Waals surface area contributed by atoms with Gasteiger partial charge in [0.05, 0.1) is 23.0 Å². The molecule has 218 valence electrons. The topological polar surface area (TPSA) is 129 Å². The lowest BCUT2D eigenvalue weighted by Gasteiger charge is -2.20. The number of hydrogen-bond donors (Lipinski definition) is 1. The molecule has 3 aromatic heterocycles. The van der Waals surface area contributed by atoms with E-state index in [2.05, 4.69) is 30.8 Å². The maximum atomic E-state index is 15.1. The number of halogens is 2. The van der Waals surface area contributed by atoms with Crippen molar-refractivity contribution in [2.24, 2.45) is 10.9 Å². The van der Waals surface area contributed by atoms with Gasteiger partial charge in [-0.05, 0) is 91.1 Å². The van der Waals surface area contributed by atoms with Crippen LogP contribution in [0.5, 0.6) is 0 Å². The predicted octanol–water partition coefficient (Wildman–Crippen LogP) is 5.46. The number of hydrogen-bond acceptors (Lipinski definition) is 8. The van der Waals surface area contributed by atoms with Crippen molar-refractivity contribution in [2.45, 2.75) is 51.2 Å². The van der Waals surface area contributed by atoms with Crippen LogP contribution in [0.15, 0.2) is 70.4 Å². The van der Waals surface area contributed by atoms with Crippen molar-refractivity contribution >= 4 is 29.2 Å². The number of nitrogens with one attached hydrogen (secondary N) is 1. The molecule has 11 nitrogen and oxygen atoms in total. The Kier molecular flexibility index (Phi) is 6.27. The highest BCUT2D eigenvalue weighted by Crippen LogP contribution is 2.61. The van der Waals surface area contributed by atoms with E-state index in [-0.39, 0.29) is 34.8 Å². The van der Waals surface area contributed by atoms with E-state index in [1.54, 1.807) is 51.2 Å². The Balaban J connectivity index is 1.13. The predicted molar refractivity (Wildman–Crippen MR) is 157 cm³/mol. The summed E-state index contributed by atoms with van der Waals surface area (Å²) in [6, 6.07) is 11.9. The van der Waals surface area contributed by atoms with Crippen molar-refractivity contribution in [3.8, 4) is 16.8 Å². The van der Waals surface area contributed by atoms with Crippen LogP contribution in [0.3, 0.4) is 0 Å². The van der Waals surface area contributed by atoms with Crippen LogP contribution in [-0.4, -0.2) is 47.2 Å². The van der Waals surface area contributed by atoms with Crippen LogP contribution in [-0.2, 0) is 4.74 Å². The Bertz CT molecular complexity index is 1910. The molecular formula is C30H26ClFN8O3. The number of anilines is 1. The normalized spacial score (nSPS) is 20.3. The van der Waals surface area contributed by atoms with Gasteiger partial charge in [-0.2, -0.15) is 9.07 Å². The second-order valence-electron chi connectivity index (χ2n) is 11.9. The van der Waals surface area contributed by atoms with Crippen LogP contribution < -0.4 is 10.9 Å². The first-order valence-corrected chi connectivity index (χ1v) is 14.2. The van der Waals surface area contributed by atoms with Crippen molar-refractivity contribution in [1.82, 2.24) is 29.8 Å². The summed E-state index contributed by atoms with van der Waals surface area (Å²) in [7, 11) is 0. The van der Waals surface area contributed by atoms with E-state index < -0.39 is 17.6 Å². The summed E-state index contributed by atoms with van der Waals surface area (Å²) in [4.78, 5) is 34.1. The molecule has 0 spiro atoms. The number of fused-ring (bicyclic) bond motifs is 3. The highest BCUT2D eigenvalue weighted by atomic mass is 35.5. The zero-order valence-electron chi connectivity index (χ0n) is 23.5. The molecule has 5 heterocycles. The minimum atomic E-state index is -0.750. The molecule has 3 aliphatic rings. The SMILES string of the molecule is CC(C)(C)OC(=O)Nc1ccc(C2=NC=C([C@@H]3[C@H]4C[C@H]4c4cc(-c5cc(Cl)ccc5-n5cnnn5)cc(=O)n43)C2)c(F)n1. The lowest BCUT2D eigenvalue weighted by atomic mass is 9.97. The molecule has 13 heteroatoms. The summed E-state index contributed by atoms with van der Waals surface area (Å²) in [5, 5.41) is 14.5. The van der Waals surface area contributed by atoms with Gasteiger partial charge in [0, 0.05) is 40.9 Å². The molecule has 1 N–H and O–H groups in total. The zero-order valence-corrected chi connectivity index (χ0v) is 24.2. The van der Waals surface area contributed by atoms with E-state index in [4.69, 9.17) is 16.3 Å². The van der Waals surface area contributed by atoms with Gasteiger partial charge in [-0.15, -0.1) is 5.10 Å². The fraction of sp³-hybridized carbons (Fsp3) is 0.300. The van der Waals surface area contributed by atoms with Crippen LogP contribution in [0.4, 0.5) is 15.0 Å². The van der Waals surface area contributed by atoms with Gasteiger partial charge in [0.2, 0.25) is 5.95 Å².